The summed E-state index contributed by atoms with van der Waals surface area (Å²) in [5, 5.41) is 11.9. The molecule has 1 fully saturated rings. The lowest BCUT2D eigenvalue weighted by atomic mass is 9.81. The number of hydrogen-bond donors (Lipinski definition) is 2. The number of carboxylic acids is 1. The number of hydrogen-bond acceptors (Lipinski definition) is 3. The van der Waals surface area contributed by atoms with Gasteiger partial charge in [0.05, 0.1) is 0 Å². The summed E-state index contributed by atoms with van der Waals surface area (Å²) < 4.78 is 4.87. The molecule has 92 valence electrons. The van der Waals surface area contributed by atoms with Crippen molar-refractivity contribution in [3.63, 3.8) is 0 Å². The van der Waals surface area contributed by atoms with E-state index < -0.39 is 17.6 Å². The molecule has 0 radical (unpaired) electrons. The number of methoxy groups -OCH3 is 1. The fourth-order valence-electron chi connectivity index (χ4n) is 1.99. The maximum absolute atomic E-state index is 11.7. The lowest BCUT2D eigenvalue weighted by Crippen LogP contribution is -2.57. The molecule has 0 heterocycles. The van der Waals surface area contributed by atoms with Gasteiger partial charge in [-0.05, 0) is 19.8 Å². The van der Waals surface area contributed by atoms with E-state index in [4.69, 9.17) is 4.74 Å². The van der Waals surface area contributed by atoms with Crippen LogP contribution in [0.5, 0.6) is 0 Å². The molecule has 1 rings (SSSR count). The van der Waals surface area contributed by atoms with Gasteiger partial charge >= 0.3 is 5.97 Å². The van der Waals surface area contributed by atoms with Crippen LogP contribution in [0.4, 0.5) is 0 Å². The van der Waals surface area contributed by atoms with Crippen molar-refractivity contribution in [2.75, 3.05) is 7.11 Å². The molecular formula is C11H19NO4. The molecule has 1 amide bonds. The van der Waals surface area contributed by atoms with Crippen LogP contribution >= 0.6 is 0 Å². The Hall–Kier alpha value is -1.10. The van der Waals surface area contributed by atoms with Crippen LogP contribution in [-0.4, -0.2) is 35.7 Å². The molecule has 2 N–H and O–H groups in total. The summed E-state index contributed by atoms with van der Waals surface area (Å²) in [4.78, 5) is 22.9. The SMILES string of the molecule is COC(C)C(=O)NC1(C(=O)O)CCCCC1. The average Bonchev–Trinajstić information content (AvgIpc) is 2.28. The first kappa shape index (κ1) is 13.0. The summed E-state index contributed by atoms with van der Waals surface area (Å²) in [6.45, 7) is 1.60. The van der Waals surface area contributed by atoms with E-state index >= 15 is 0 Å². The molecule has 0 aromatic carbocycles. The third-order valence-corrected chi connectivity index (χ3v) is 3.20. The first-order valence-electron chi connectivity index (χ1n) is 5.60. The Morgan fingerprint density at radius 2 is 1.88 bits per heavy atom. The highest BCUT2D eigenvalue weighted by Gasteiger charge is 2.41. The Labute approximate surface area is 95.2 Å². The van der Waals surface area contributed by atoms with Crippen molar-refractivity contribution in [1.29, 1.82) is 0 Å². The first-order valence-corrected chi connectivity index (χ1v) is 5.60. The second kappa shape index (κ2) is 5.30. The summed E-state index contributed by atoms with van der Waals surface area (Å²) in [7, 11) is 1.43. The molecule has 5 nitrogen and oxygen atoms in total. The fourth-order valence-corrected chi connectivity index (χ4v) is 1.99. The van der Waals surface area contributed by atoms with Crippen LogP contribution in [0.15, 0.2) is 0 Å². The average molecular weight is 229 g/mol. The van der Waals surface area contributed by atoms with E-state index in [0.29, 0.717) is 12.8 Å². The first-order chi connectivity index (χ1) is 7.52. The summed E-state index contributed by atoms with van der Waals surface area (Å²) >= 11 is 0. The number of carboxylic acid groups (broad SMARTS) is 1. The molecule has 1 saturated carbocycles. The largest absolute Gasteiger partial charge is 0.480 e. The zero-order chi connectivity index (χ0) is 12.2. The lowest BCUT2D eigenvalue weighted by Gasteiger charge is -2.34. The highest BCUT2D eigenvalue weighted by atomic mass is 16.5. The molecule has 1 atom stereocenters. The van der Waals surface area contributed by atoms with Crippen molar-refractivity contribution >= 4 is 11.9 Å². The van der Waals surface area contributed by atoms with Gasteiger partial charge in [-0.1, -0.05) is 19.3 Å². The van der Waals surface area contributed by atoms with Gasteiger partial charge in [-0.3, -0.25) is 4.79 Å². The van der Waals surface area contributed by atoms with Crippen LogP contribution in [0.3, 0.4) is 0 Å². The molecule has 16 heavy (non-hydrogen) atoms. The lowest BCUT2D eigenvalue weighted by molar-refractivity contribution is -0.151. The summed E-state index contributed by atoms with van der Waals surface area (Å²) in [5.74, 6) is -1.30. The Morgan fingerprint density at radius 1 is 1.31 bits per heavy atom. The third kappa shape index (κ3) is 2.72. The zero-order valence-electron chi connectivity index (χ0n) is 9.78. The highest BCUT2D eigenvalue weighted by molar-refractivity contribution is 5.89. The molecule has 1 unspecified atom stereocenters. The van der Waals surface area contributed by atoms with Gasteiger partial charge in [-0.2, -0.15) is 0 Å². The van der Waals surface area contributed by atoms with Gasteiger partial charge in [0.1, 0.15) is 11.6 Å². The summed E-state index contributed by atoms with van der Waals surface area (Å²) in [5.41, 5.74) is -1.08. The molecule has 0 aliphatic heterocycles. The molecule has 0 aromatic rings. The number of carbonyl (C=O) groups excluding carboxylic acids is 1. The predicted octanol–water partition coefficient (Wildman–Crippen LogP) is 0.925. The van der Waals surface area contributed by atoms with Gasteiger partial charge in [0, 0.05) is 7.11 Å². The van der Waals surface area contributed by atoms with E-state index in [1.165, 1.54) is 7.11 Å². The molecule has 1 aliphatic rings. The van der Waals surface area contributed by atoms with Crippen molar-refractivity contribution < 1.29 is 19.4 Å². The van der Waals surface area contributed by atoms with Crippen LogP contribution in [-0.2, 0) is 14.3 Å². The van der Waals surface area contributed by atoms with Crippen LogP contribution < -0.4 is 5.32 Å². The van der Waals surface area contributed by atoms with E-state index in [0.717, 1.165) is 19.3 Å². The van der Waals surface area contributed by atoms with Gasteiger partial charge in [-0.25, -0.2) is 4.79 Å². The Bertz CT molecular complexity index is 271. The van der Waals surface area contributed by atoms with Crippen molar-refractivity contribution in [1.82, 2.24) is 5.32 Å². The minimum Gasteiger partial charge on any atom is -0.480 e. The third-order valence-electron chi connectivity index (χ3n) is 3.20. The van der Waals surface area contributed by atoms with Crippen molar-refractivity contribution in [3.8, 4) is 0 Å². The Kier molecular flexibility index (Phi) is 4.29. The maximum Gasteiger partial charge on any atom is 0.329 e. The number of rotatable bonds is 4. The second-order valence-corrected chi connectivity index (χ2v) is 4.32. The van der Waals surface area contributed by atoms with Crippen LogP contribution in [0.25, 0.3) is 0 Å². The summed E-state index contributed by atoms with van der Waals surface area (Å²) in [6, 6.07) is 0. The van der Waals surface area contributed by atoms with Gasteiger partial charge in [0.2, 0.25) is 5.91 Å². The van der Waals surface area contributed by atoms with Crippen LogP contribution in [0.2, 0.25) is 0 Å². The molecule has 1 aliphatic carbocycles. The van der Waals surface area contributed by atoms with Crippen molar-refractivity contribution in [2.24, 2.45) is 0 Å². The minimum absolute atomic E-state index is 0.355. The van der Waals surface area contributed by atoms with Crippen LogP contribution in [0, 0.1) is 0 Å². The van der Waals surface area contributed by atoms with E-state index in [9.17, 15) is 14.7 Å². The highest BCUT2D eigenvalue weighted by Crippen LogP contribution is 2.28. The number of amides is 1. The predicted molar refractivity (Wildman–Crippen MR) is 58.1 cm³/mol. The fraction of sp³-hybridized carbons (Fsp3) is 0.818. The van der Waals surface area contributed by atoms with Crippen LogP contribution in [0.1, 0.15) is 39.0 Å². The number of carbonyl (C=O) groups is 2. The summed E-state index contributed by atoms with van der Waals surface area (Å²) in [6.07, 6.45) is 3.11. The molecule has 0 saturated heterocycles. The Morgan fingerprint density at radius 3 is 2.31 bits per heavy atom. The van der Waals surface area contributed by atoms with Gasteiger partial charge in [-0.15, -0.1) is 0 Å². The molecule has 0 spiro atoms. The number of nitrogens with one attached hydrogen (secondary N) is 1. The van der Waals surface area contributed by atoms with E-state index in [-0.39, 0.29) is 5.91 Å². The van der Waals surface area contributed by atoms with E-state index in [1.807, 2.05) is 0 Å². The van der Waals surface area contributed by atoms with Gasteiger partial charge < -0.3 is 15.2 Å². The Balaban J connectivity index is 2.71. The molecular weight excluding hydrogens is 210 g/mol. The maximum atomic E-state index is 11.7. The smallest absolute Gasteiger partial charge is 0.329 e. The van der Waals surface area contributed by atoms with Gasteiger partial charge in [0.15, 0.2) is 0 Å². The molecule has 5 heteroatoms. The van der Waals surface area contributed by atoms with Crippen molar-refractivity contribution in [3.05, 3.63) is 0 Å². The second-order valence-electron chi connectivity index (χ2n) is 4.32. The monoisotopic (exact) mass is 229 g/mol. The molecule has 0 aromatic heterocycles. The van der Waals surface area contributed by atoms with Crippen molar-refractivity contribution in [2.45, 2.75) is 50.7 Å². The number of aliphatic carboxylic acids is 1. The minimum atomic E-state index is -1.08. The zero-order valence-corrected chi connectivity index (χ0v) is 9.78. The van der Waals surface area contributed by atoms with E-state index in [2.05, 4.69) is 5.32 Å². The standard InChI is InChI=1S/C11H19NO4/c1-8(16-2)9(13)12-11(10(14)15)6-4-3-5-7-11/h8H,3-7H2,1-2H3,(H,12,13)(H,14,15). The topological polar surface area (TPSA) is 75.6 Å². The normalized spacial score (nSPS) is 21.1. The quantitative estimate of drug-likeness (QED) is 0.751. The number of ether oxygens (including phenoxy) is 1. The van der Waals surface area contributed by atoms with E-state index in [1.54, 1.807) is 6.92 Å². The van der Waals surface area contributed by atoms with Gasteiger partial charge in [0.25, 0.3) is 0 Å². The molecule has 0 bridgehead atoms.